The lowest BCUT2D eigenvalue weighted by Crippen LogP contribution is -2.32. The maximum absolute atomic E-state index is 12.0. The van der Waals surface area contributed by atoms with Gasteiger partial charge in [-0.25, -0.2) is 0 Å². The molecule has 0 aromatic heterocycles. The van der Waals surface area contributed by atoms with Gasteiger partial charge in [0.15, 0.2) is 6.61 Å². The largest absolute Gasteiger partial charge is 0.454 e. The smallest absolute Gasteiger partial charge is 0.325 e. The Labute approximate surface area is 162 Å². The molecule has 0 saturated carbocycles. The Morgan fingerprint density at radius 2 is 1.70 bits per heavy atom. The minimum atomic E-state index is -0.680. The van der Waals surface area contributed by atoms with Gasteiger partial charge in [0.2, 0.25) is 0 Å². The number of carbonyl (C=O) groups is 3. The lowest BCUT2D eigenvalue weighted by molar-refractivity contribution is -0.146. The second kappa shape index (κ2) is 9.78. The molecule has 2 rings (SSSR count). The van der Waals surface area contributed by atoms with Gasteiger partial charge >= 0.3 is 5.97 Å². The number of aryl methyl sites for hydroxylation is 2. The van der Waals surface area contributed by atoms with E-state index in [-0.39, 0.29) is 12.5 Å². The molecule has 0 saturated heterocycles. The SMILES string of the molecule is CSc1ccc(NC(=O)COC(=O)CNC(=O)c2ccc(C)c(C)c2)cc1. The number of thioether (sulfide) groups is 1. The number of esters is 1. The zero-order chi connectivity index (χ0) is 19.8. The van der Waals surface area contributed by atoms with Crippen molar-refractivity contribution >= 4 is 35.2 Å². The summed E-state index contributed by atoms with van der Waals surface area (Å²) < 4.78 is 4.88. The van der Waals surface area contributed by atoms with Crippen LogP contribution in [0.1, 0.15) is 21.5 Å². The van der Waals surface area contributed by atoms with E-state index in [1.165, 1.54) is 0 Å². The van der Waals surface area contributed by atoms with E-state index < -0.39 is 18.5 Å². The van der Waals surface area contributed by atoms with Crippen molar-refractivity contribution in [1.29, 1.82) is 0 Å². The van der Waals surface area contributed by atoms with Crippen molar-refractivity contribution in [2.24, 2.45) is 0 Å². The molecule has 0 spiro atoms. The van der Waals surface area contributed by atoms with Crippen molar-refractivity contribution < 1.29 is 19.1 Å². The Bertz CT molecular complexity index is 834. The van der Waals surface area contributed by atoms with Crippen LogP contribution in [0.4, 0.5) is 5.69 Å². The summed E-state index contributed by atoms with van der Waals surface area (Å²) in [5.41, 5.74) is 3.17. The Kier molecular flexibility index (Phi) is 7.43. The van der Waals surface area contributed by atoms with Crippen LogP contribution >= 0.6 is 11.8 Å². The van der Waals surface area contributed by atoms with Gasteiger partial charge in [-0.1, -0.05) is 6.07 Å². The summed E-state index contributed by atoms with van der Waals surface area (Å²) in [7, 11) is 0. The van der Waals surface area contributed by atoms with E-state index in [1.807, 2.05) is 38.3 Å². The van der Waals surface area contributed by atoms with Gasteiger partial charge in [0.1, 0.15) is 6.54 Å². The molecular formula is C20H22N2O4S. The first-order chi connectivity index (χ1) is 12.9. The van der Waals surface area contributed by atoms with E-state index >= 15 is 0 Å². The maximum Gasteiger partial charge on any atom is 0.325 e. The number of benzene rings is 2. The number of hydrogen-bond acceptors (Lipinski definition) is 5. The third-order valence-electron chi connectivity index (χ3n) is 3.90. The number of hydrogen-bond donors (Lipinski definition) is 2. The molecule has 6 nitrogen and oxygen atoms in total. The van der Waals surface area contributed by atoms with E-state index in [4.69, 9.17) is 4.74 Å². The molecule has 7 heteroatoms. The van der Waals surface area contributed by atoms with Gasteiger partial charge in [-0.3, -0.25) is 14.4 Å². The van der Waals surface area contributed by atoms with Crippen LogP contribution in [0.15, 0.2) is 47.4 Å². The maximum atomic E-state index is 12.0. The Morgan fingerprint density at radius 1 is 1.00 bits per heavy atom. The van der Waals surface area contributed by atoms with Crippen molar-refractivity contribution in [3.63, 3.8) is 0 Å². The molecule has 2 amide bonds. The van der Waals surface area contributed by atoms with Crippen molar-refractivity contribution in [1.82, 2.24) is 5.32 Å². The van der Waals surface area contributed by atoms with Crippen molar-refractivity contribution in [3.05, 3.63) is 59.2 Å². The van der Waals surface area contributed by atoms with Gasteiger partial charge < -0.3 is 15.4 Å². The number of anilines is 1. The summed E-state index contributed by atoms with van der Waals surface area (Å²) in [6.07, 6.45) is 1.96. The zero-order valence-electron chi connectivity index (χ0n) is 15.5. The van der Waals surface area contributed by atoms with Gasteiger partial charge in [0.05, 0.1) is 0 Å². The lowest BCUT2D eigenvalue weighted by Gasteiger charge is -2.09. The monoisotopic (exact) mass is 386 g/mol. The first kappa shape index (κ1) is 20.5. The molecule has 0 fully saturated rings. The van der Waals surface area contributed by atoms with Gasteiger partial charge in [0.25, 0.3) is 11.8 Å². The molecular weight excluding hydrogens is 364 g/mol. The average Bonchev–Trinajstić information content (AvgIpc) is 2.67. The summed E-state index contributed by atoms with van der Waals surface area (Å²) >= 11 is 1.60. The highest BCUT2D eigenvalue weighted by Gasteiger charge is 2.11. The first-order valence-corrected chi connectivity index (χ1v) is 9.56. The van der Waals surface area contributed by atoms with Crippen molar-refractivity contribution in [2.75, 3.05) is 24.7 Å². The number of ether oxygens (including phenoxy) is 1. The zero-order valence-corrected chi connectivity index (χ0v) is 16.3. The minimum Gasteiger partial charge on any atom is -0.454 e. The third kappa shape index (κ3) is 6.45. The van der Waals surface area contributed by atoms with Crippen molar-refractivity contribution in [3.8, 4) is 0 Å². The summed E-state index contributed by atoms with van der Waals surface area (Å²) in [6.45, 7) is 3.15. The molecule has 0 aliphatic heterocycles. The molecule has 0 aliphatic carbocycles. The Balaban J connectivity index is 1.74. The predicted molar refractivity (Wildman–Crippen MR) is 106 cm³/mol. The molecule has 0 atom stereocenters. The number of nitrogens with one attached hydrogen (secondary N) is 2. The number of amides is 2. The van der Waals surface area contributed by atoms with Crippen LogP contribution in [-0.2, 0) is 14.3 Å². The highest BCUT2D eigenvalue weighted by molar-refractivity contribution is 7.98. The quantitative estimate of drug-likeness (QED) is 0.565. The summed E-state index contributed by atoms with van der Waals surface area (Å²) in [6, 6.07) is 12.6. The third-order valence-corrected chi connectivity index (χ3v) is 4.64. The standard InChI is InChI=1S/C20H22N2O4S/c1-13-4-5-15(10-14(13)2)20(25)21-11-19(24)26-12-18(23)22-16-6-8-17(27-3)9-7-16/h4-10H,11-12H2,1-3H3,(H,21,25)(H,22,23). The molecule has 0 aliphatic rings. The molecule has 2 aromatic carbocycles. The summed E-state index contributed by atoms with van der Waals surface area (Å²) in [5.74, 6) is -1.49. The van der Waals surface area contributed by atoms with Gasteiger partial charge in [-0.05, 0) is 67.6 Å². The molecule has 2 N–H and O–H groups in total. The van der Waals surface area contributed by atoms with Gasteiger partial charge in [-0.2, -0.15) is 0 Å². The van der Waals surface area contributed by atoms with Gasteiger partial charge in [-0.15, -0.1) is 11.8 Å². The molecule has 0 bridgehead atoms. The molecule has 142 valence electrons. The number of carbonyl (C=O) groups excluding carboxylic acids is 3. The van der Waals surface area contributed by atoms with Crippen LogP contribution in [0.25, 0.3) is 0 Å². The minimum absolute atomic E-state index is 0.304. The molecule has 2 aromatic rings. The van der Waals surface area contributed by atoms with E-state index in [2.05, 4.69) is 10.6 Å². The van der Waals surface area contributed by atoms with E-state index in [0.717, 1.165) is 16.0 Å². The van der Waals surface area contributed by atoms with Crippen LogP contribution < -0.4 is 10.6 Å². The molecule has 0 heterocycles. The van der Waals surface area contributed by atoms with Crippen LogP contribution in [0.2, 0.25) is 0 Å². The van der Waals surface area contributed by atoms with Crippen LogP contribution in [-0.4, -0.2) is 37.2 Å². The molecule has 0 radical (unpaired) electrons. The topological polar surface area (TPSA) is 84.5 Å². The van der Waals surface area contributed by atoms with Crippen LogP contribution in [0.3, 0.4) is 0 Å². The fourth-order valence-corrected chi connectivity index (χ4v) is 2.61. The highest BCUT2D eigenvalue weighted by Crippen LogP contribution is 2.17. The summed E-state index contributed by atoms with van der Waals surface area (Å²) in [5, 5.41) is 5.12. The van der Waals surface area contributed by atoms with Crippen LogP contribution in [0.5, 0.6) is 0 Å². The Morgan fingerprint density at radius 3 is 2.33 bits per heavy atom. The van der Waals surface area contributed by atoms with Crippen LogP contribution in [0, 0.1) is 13.8 Å². The van der Waals surface area contributed by atoms with E-state index in [1.54, 1.807) is 36.0 Å². The normalized spacial score (nSPS) is 10.2. The average molecular weight is 386 g/mol. The fourth-order valence-electron chi connectivity index (χ4n) is 2.21. The lowest BCUT2D eigenvalue weighted by atomic mass is 10.1. The van der Waals surface area contributed by atoms with E-state index in [0.29, 0.717) is 11.3 Å². The fraction of sp³-hybridized carbons (Fsp3) is 0.250. The molecule has 0 unspecified atom stereocenters. The summed E-state index contributed by atoms with van der Waals surface area (Å²) in [4.78, 5) is 36.7. The Hall–Kier alpha value is -2.80. The van der Waals surface area contributed by atoms with E-state index in [9.17, 15) is 14.4 Å². The molecule has 27 heavy (non-hydrogen) atoms. The number of rotatable bonds is 7. The first-order valence-electron chi connectivity index (χ1n) is 8.34. The van der Waals surface area contributed by atoms with Gasteiger partial charge in [0, 0.05) is 16.1 Å². The highest BCUT2D eigenvalue weighted by atomic mass is 32.2. The second-order valence-corrected chi connectivity index (χ2v) is 6.80. The predicted octanol–water partition coefficient (Wildman–Crippen LogP) is 2.94. The van der Waals surface area contributed by atoms with Crippen molar-refractivity contribution in [2.45, 2.75) is 18.7 Å². The second-order valence-electron chi connectivity index (χ2n) is 5.92.